The van der Waals surface area contributed by atoms with Crippen LogP contribution < -0.4 is 0 Å². The quantitative estimate of drug-likeness (QED) is 0.682. The molecule has 0 spiro atoms. The molecule has 0 unspecified atom stereocenters. The molecule has 0 radical (unpaired) electrons. The summed E-state index contributed by atoms with van der Waals surface area (Å²) in [6.07, 6.45) is 3.75. The number of hydrogen-bond acceptors (Lipinski definition) is 4. The summed E-state index contributed by atoms with van der Waals surface area (Å²) >= 11 is 3.61. The van der Waals surface area contributed by atoms with Crippen LogP contribution in [0.15, 0.2) is 58.3 Å². The topological polar surface area (TPSA) is 46.3 Å². The van der Waals surface area contributed by atoms with Crippen LogP contribution in [-0.2, 0) is 13.1 Å². The second-order valence-electron chi connectivity index (χ2n) is 6.28. The third-order valence-corrected chi connectivity index (χ3v) is 4.62. The van der Waals surface area contributed by atoms with Crippen LogP contribution in [0.3, 0.4) is 0 Å². The van der Waals surface area contributed by atoms with Crippen LogP contribution in [0, 0.1) is 0 Å². The summed E-state index contributed by atoms with van der Waals surface area (Å²) in [6.45, 7) is 1.35. The van der Waals surface area contributed by atoms with Crippen molar-refractivity contribution in [3.05, 3.63) is 76.0 Å². The smallest absolute Gasteiger partial charge is 0.135 e. The monoisotopic (exact) mass is 395 g/mol. The molecule has 0 bridgehead atoms. The SMILES string of the molecule is CN(C)Cc1cnc2n1-c1cc(Br)ccc1C(c1ccccn1)=NC2. The highest BCUT2D eigenvalue weighted by atomic mass is 79.9. The predicted molar refractivity (Wildman–Crippen MR) is 102 cm³/mol. The third-order valence-electron chi connectivity index (χ3n) is 4.13. The Hall–Kier alpha value is -2.31. The number of rotatable bonds is 3. The van der Waals surface area contributed by atoms with Crippen LogP contribution >= 0.6 is 15.9 Å². The Morgan fingerprint density at radius 3 is 2.80 bits per heavy atom. The highest BCUT2D eigenvalue weighted by molar-refractivity contribution is 9.10. The Morgan fingerprint density at radius 2 is 2.04 bits per heavy atom. The number of aliphatic imine (C=N–C) groups is 1. The molecule has 126 valence electrons. The summed E-state index contributed by atoms with van der Waals surface area (Å²) in [5.41, 5.74) is 5.09. The van der Waals surface area contributed by atoms with Crippen molar-refractivity contribution in [2.45, 2.75) is 13.1 Å². The number of fused-ring (bicyclic) bond motifs is 3. The van der Waals surface area contributed by atoms with Gasteiger partial charge in [0.2, 0.25) is 0 Å². The van der Waals surface area contributed by atoms with Gasteiger partial charge < -0.3 is 4.90 Å². The molecule has 0 saturated heterocycles. The lowest BCUT2D eigenvalue weighted by Crippen LogP contribution is -2.16. The van der Waals surface area contributed by atoms with Crippen molar-refractivity contribution < 1.29 is 0 Å². The largest absolute Gasteiger partial charge is 0.304 e. The van der Waals surface area contributed by atoms with E-state index in [4.69, 9.17) is 4.99 Å². The van der Waals surface area contributed by atoms with Crippen molar-refractivity contribution in [1.82, 2.24) is 19.4 Å². The van der Waals surface area contributed by atoms with Gasteiger partial charge in [0.15, 0.2) is 0 Å². The first-order valence-electron chi connectivity index (χ1n) is 8.10. The fourth-order valence-corrected chi connectivity index (χ4v) is 3.47. The van der Waals surface area contributed by atoms with E-state index in [9.17, 15) is 0 Å². The van der Waals surface area contributed by atoms with Crippen LogP contribution in [0.1, 0.15) is 22.8 Å². The molecule has 3 heterocycles. The van der Waals surface area contributed by atoms with Crippen molar-refractivity contribution in [3.8, 4) is 5.69 Å². The molecule has 0 N–H and O–H groups in total. The zero-order valence-corrected chi connectivity index (χ0v) is 15.7. The van der Waals surface area contributed by atoms with Gasteiger partial charge in [-0.05, 0) is 44.4 Å². The summed E-state index contributed by atoms with van der Waals surface area (Å²) in [7, 11) is 4.13. The lowest BCUT2D eigenvalue weighted by Gasteiger charge is -2.16. The molecular weight excluding hydrogens is 378 g/mol. The minimum atomic E-state index is 0.533. The van der Waals surface area contributed by atoms with E-state index in [0.29, 0.717) is 6.54 Å². The van der Waals surface area contributed by atoms with Gasteiger partial charge in [-0.2, -0.15) is 0 Å². The van der Waals surface area contributed by atoms with Crippen molar-refractivity contribution in [2.24, 2.45) is 4.99 Å². The molecule has 5 nitrogen and oxygen atoms in total. The summed E-state index contributed by atoms with van der Waals surface area (Å²) < 4.78 is 3.25. The van der Waals surface area contributed by atoms with Crippen LogP contribution in [0.4, 0.5) is 0 Å². The molecule has 0 aliphatic carbocycles. The second-order valence-corrected chi connectivity index (χ2v) is 7.20. The Balaban J connectivity index is 1.94. The van der Waals surface area contributed by atoms with Crippen molar-refractivity contribution in [3.63, 3.8) is 0 Å². The first-order valence-corrected chi connectivity index (χ1v) is 8.89. The second kappa shape index (κ2) is 6.54. The van der Waals surface area contributed by atoms with E-state index in [1.807, 2.05) is 30.5 Å². The minimum absolute atomic E-state index is 0.533. The predicted octanol–water partition coefficient (Wildman–Crippen LogP) is 3.44. The summed E-state index contributed by atoms with van der Waals surface area (Å²) in [6, 6.07) is 12.2. The number of imidazole rings is 1. The summed E-state index contributed by atoms with van der Waals surface area (Å²) in [5.74, 6) is 0.946. The summed E-state index contributed by atoms with van der Waals surface area (Å²) in [5, 5.41) is 0. The van der Waals surface area contributed by atoms with Gasteiger partial charge in [-0.3, -0.25) is 14.5 Å². The molecule has 1 aliphatic heterocycles. The molecule has 1 aliphatic rings. The van der Waals surface area contributed by atoms with Gasteiger partial charge in [-0.15, -0.1) is 0 Å². The average Bonchev–Trinajstić information content (AvgIpc) is 2.91. The first kappa shape index (κ1) is 16.2. The van der Waals surface area contributed by atoms with Crippen LogP contribution in [0.2, 0.25) is 0 Å². The molecule has 1 aromatic carbocycles. The highest BCUT2D eigenvalue weighted by Gasteiger charge is 2.22. The van der Waals surface area contributed by atoms with Gasteiger partial charge in [0.25, 0.3) is 0 Å². The molecule has 0 amide bonds. The Morgan fingerprint density at radius 1 is 1.16 bits per heavy atom. The highest BCUT2D eigenvalue weighted by Crippen LogP contribution is 2.29. The standard InChI is InChI=1S/C19H18BrN5/c1-24(2)12-14-10-22-18-11-23-19(16-5-3-4-8-21-16)15-7-6-13(20)9-17(15)25(14)18/h3-10H,11-12H2,1-2H3. The van der Waals surface area contributed by atoms with E-state index in [-0.39, 0.29) is 0 Å². The van der Waals surface area contributed by atoms with Crippen molar-refractivity contribution >= 4 is 21.6 Å². The number of nitrogens with zero attached hydrogens (tertiary/aromatic N) is 5. The van der Waals surface area contributed by atoms with Gasteiger partial charge in [-0.25, -0.2) is 4.98 Å². The van der Waals surface area contributed by atoms with Gasteiger partial charge in [0.1, 0.15) is 5.82 Å². The zero-order chi connectivity index (χ0) is 17.4. The third kappa shape index (κ3) is 3.03. The molecule has 25 heavy (non-hydrogen) atoms. The molecule has 0 fully saturated rings. The Labute approximate surface area is 155 Å². The number of pyridine rings is 1. The van der Waals surface area contributed by atoms with E-state index < -0.39 is 0 Å². The normalized spacial score (nSPS) is 13.2. The van der Waals surface area contributed by atoms with Gasteiger partial charge in [0, 0.05) is 22.8 Å². The zero-order valence-electron chi connectivity index (χ0n) is 14.1. The molecule has 0 saturated carbocycles. The summed E-state index contributed by atoms with van der Waals surface area (Å²) in [4.78, 5) is 16.1. The molecule has 4 rings (SSSR count). The maximum Gasteiger partial charge on any atom is 0.135 e. The van der Waals surface area contributed by atoms with E-state index >= 15 is 0 Å². The van der Waals surface area contributed by atoms with Gasteiger partial charge in [0.05, 0.1) is 35.5 Å². The molecular formula is C19H18BrN5. The van der Waals surface area contributed by atoms with Gasteiger partial charge in [-0.1, -0.05) is 22.0 Å². The van der Waals surface area contributed by atoms with Crippen molar-refractivity contribution in [1.29, 1.82) is 0 Å². The molecule has 3 aromatic rings. The fraction of sp³-hybridized carbons (Fsp3) is 0.211. The lowest BCUT2D eigenvalue weighted by molar-refractivity contribution is 0.393. The van der Waals surface area contributed by atoms with E-state index in [1.54, 1.807) is 6.20 Å². The Kier molecular flexibility index (Phi) is 4.23. The minimum Gasteiger partial charge on any atom is -0.304 e. The van der Waals surface area contributed by atoms with Crippen LogP contribution in [0.25, 0.3) is 5.69 Å². The number of aromatic nitrogens is 3. The lowest BCUT2D eigenvalue weighted by atomic mass is 10.0. The first-order chi connectivity index (χ1) is 12.1. The fourth-order valence-electron chi connectivity index (χ4n) is 3.12. The van der Waals surface area contributed by atoms with E-state index in [0.717, 1.165) is 45.2 Å². The van der Waals surface area contributed by atoms with Gasteiger partial charge >= 0.3 is 0 Å². The number of halogens is 1. The average molecular weight is 396 g/mol. The maximum atomic E-state index is 4.84. The molecule has 2 aromatic heterocycles. The maximum absolute atomic E-state index is 4.84. The molecule has 6 heteroatoms. The van der Waals surface area contributed by atoms with Crippen LogP contribution in [-0.4, -0.2) is 39.2 Å². The van der Waals surface area contributed by atoms with E-state index in [1.165, 1.54) is 0 Å². The molecule has 0 atom stereocenters. The van der Waals surface area contributed by atoms with Crippen molar-refractivity contribution in [2.75, 3.05) is 14.1 Å². The van der Waals surface area contributed by atoms with E-state index in [2.05, 4.69) is 61.6 Å². The number of hydrogen-bond donors (Lipinski definition) is 0. The number of benzene rings is 1. The van der Waals surface area contributed by atoms with Crippen LogP contribution in [0.5, 0.6) is 0 Å². The Bertz CT molecular complexity index is 944.